The molecule has 0 spiro atoms. The summed E-state index contributed by atoms with van der Waals surface area (Å²) in [6.07, 6.45) is 0. The summed E-state index contributed by atoms with van der Waals surface area (Å²) in [6, 6.07) is 27.1. The molecule has 1 aliphatic rings. The van der Waals surface area contributed by atoms with Crippen LogP contribution in [0, 0.1) is 0 Å². The van der Waals surface area contributed by atoms with Crippen molar-refractivity contribution in [1.82, 2.24) is 0 Å². The van der Waals surface area contributed by atoms with Gasteiger partial charge in [0.15, 0.2) is 0 Å². The van der Waals surface area contributed by atoms with Crippen molar-refractivity contribution in [2.24, 2.45) is 0 Å². The monoisotopic (exact) mass is 466 g/mol. The number of hydrogen-bond acceptors (Lipinski definition) is 4. The normalized spacial score (nSPS) is 14.1. The first-order valence-corrected chi connectivity index (χ1v) is 11.8. The molecule has 31 heavy (non-hydrogen) atoms. The first-order valence-electron chi connectivity index (χ1n) is 9.25. The van der Waals surface area contributed by atoms with E-state index in [1.165, 1.54) is 0 Å². The van der Waals surface area contributed by atoms with Gasteiger partial charge in [0.2, 0.25) is 20.6 Å². The zero-order valence-corrected chi connectivity index (χ0v) is 18.4. The second kappa shape index (κ2) is 8.89. The van der Waals surface area contributed by atoms with Crippen molar-refractivity contribution in [1.29, 1.82) is 0 Å². The molecular weight excluding hydrogens is 452 g/mol. The largest absolute Gasteiger partial charge is 0.224 e. The number of hydrogen-bond donors (Lipinski definition) is 0. The molecule has 0 atom stereocenters. The van der Waals surface area contributed by atoms with Crippen LogP contribution in [0.3, 0.4) is 0 Å². The van der Waals surface area contributed by atoms with Gasteiger partial charge in [-0.3, -0.25) is 0 Å². The molecule has 0 fully saturated rings. The van der Waals surface area contributed by atoms with Gasteiger partial charge in [-0.1, -0.05) is 103 Å². The Morgan fingerprint density at radius 2 is 0.806 bits per heavy atom. The minimum atomic E-state index is -2.88. The molecular formula is C24H15ClO4S2. The third-order valence-electron chi connectivity index (χ3n) is 4.87. The fourth-order valence-corrected chi connectivity index (χ4v) is 5.73. The highest BCUT2D eigenvalue weighted by Gasteiger charge is 2.35. The molecule has 0 bridgehead atoms. The highest BCUT2D eigenvalue weighted by molar-refractivity contribution is 7.84. The van der Waals surface area contributed by atoms with Crippen molar-refractivity contribution in [2.75, 3.05) is 0 Å². The Bertz CT molecular complexity index is 1480. The summed E-state index contributed by atoms with van der Waals surface area (Å²) in [4.78, 5) is -0.782. The van der Waals surface area contributed by atoms with E-state index >= 15 is 0 Å². The van der Waals surface area contributed by atoms with Crippen LogP contribution < -0.4 is 0 Å². The van der Waals surface area contributed by atoms with Gasteiger partial charge in [-0.15, -0.1) is 0 Å². The van der Waals surface area contributed by atoms with Crippen LogP contribution in [0.25, 0.3) is 16.7 Å². The summed E-state index contributed by atoms with van der Waals surface area (Å²) in [5.41, 5.74) is 3.27. The van der Waals surface area contributed by atoms with Gasteiger partial charge in [-0.2, -0.15) is 16.8 Å². The lowest BCUT2D eigenvalue weighted by atomic mass is 9.80. The van der Waals surface area contributed by atoms with Crippen LogP contribution in [0.1, 0.15) is 16.7 Å². The van der Waals surface area contributed by atoms with Gasteiger partial charge in [0.05, 0.1) is 5.03 Å². The molecule has 3 aromatic carbocycles. The molecule has 7 heteroatoms. The number of halogens is 1. The standard InChI is InChI=1S/C24H15ClO4S2/c25-22-20(17-12-6-2-7-13-17)19(16-10-4-1-5-11-16)21(18-14-8-3-9-15-18)23(30(26)27)24(22)31(28)29/h1-15H. The van der Waals surface area contributed by atoms with Gasteiger partial charge in [0, 0.05) is 16.7 Å². The van der Waals surface area contributed by atoms with E-state index in [1.807, 2.05) is 60.7 Å². The summed E-state index contributed by atoms with van der Waals surface area (Å²) in [6.45, 7) is 0. The molecule has 0 saturated heterocycles. The van der Waals surface area contributed by atoms with Crippen molar-refractivity contribution >= 4 is 58.6 Å². The zero-order valence-electron chi connectivity index (χ0n) is 16.0. The molecule has 4 rings (SSSR count). The topological polar surface area (TPSA) is 68.3 Å². The minimum Gasteiger partial charge on any atom is -0.184 e. The van der Waals surface area contributed by atoms with Gasteiger partial charge in [0.1, 0.15) is 9.73 Å². The van der Waals surface area contributed by atoms with Crippen LogP contribution in [-0.4, -0.2) is 26.6 Å². The summed E-state index contributed by atoms with van der Waals surface area (Å²) in [7, 11) is -5.74. The highest BCUT2D eigenvalue weighted by Crippen LogP contribution is 2.45. The van der Waals surface area contributed by atoms with E-state index in [4.69, 9.17) is 11.6 Å². The lowest BCUT2D eigenvalue weighted by Crippen LogP contribution is -2.25. The van der Waals surface area contributed by atoms with Crippen molar-refractivity contribution in [3.05, 3.63) is 113 Å². The molecule has 0 N–H and O–H groups in total. The molecule has 1 aliphatic carbocycles. The molecule has 0 aromatic heterocycles. The summed E-state index contributed by atoms with van der Waals surface area (Å²) in [5.74, 6) is 0. The highest BCUT2D eigenvalue weighted by atomic mass is 35.5. The van der Waals surface area contributed by atoms with E-state index < -0.39 is 25.5 Å². The Kier molecular flexibility index (Phi) is 6.04. The van der Waals surface area contributed by atoms with Gasteiger partial charge >= 0.3 is 0 Å². The SMILES string of the molecule is O=S(=O)=C1C(Cl)=C(c2ccccc2)C(c2ccccc2)=C(c2ccccc2)C1=S(=O)=O. The van der Waals surface area contributed by atoms with Crippen molar-refractivity contribution in [3.8, 4) is 0 Å². The third kappa shape index (κ3) is 3.93. The molecule has 154 valence electrons. The number of allylic oxidation sites excluding steroid dienone is 4. The summed E-state index contributed by atoms with van der Waals surface area (Å²) >= 11 is 6.64. The van der Waals surface area contributed by atoms with Crippen LogP contribution in [0.2, 0.25) is 0 Å². The second-order valence-electron chi connectivity index (χ2n) is 6.66. The predicted octanol–water partition coefficient (Wildman–Crippen LogP) is 4.36. The molecule has 0 radical (unpaired) electrons. The van der Waals surface area contributed by atoms with Crippen molar-refractivity contribution < 1.29 is 16.8 Å². The quantitative estimate of drug-likeness (QED) is 0.538. The van der Waals surface area contributed by atoms with E-state index in [1.54, 1.807) is 30.3 Å². The lowest BCUT2D eigenvalue weighted by molar-refractivity contribution is 0.625. The van der Waals surface area contributed by atoms with Crippen LogP contribution in [0.15, 0.2) is 96.0 Å². The number of rotatable bonds is 3. The van der Waals surface area contributed by atoms with Gasteiger partial charge < -0.3 is 0 Å². The molecule has 3 aromatic rings. The van der Waals surface area contributed by atoms with E-state index in [0.717, 1.165) is 5.56 Å². The van der Waals surface area contributed by atoms with Crippen LogP contribution >= 0.6 is 11.6 Å². The van der Waals surface area contributed by atoms with E-state index in [9.17, 15) is 16.8 Å². The summed E-state index contributed by atoms with van der Waals surface area (Å²) in [5, 5.41) is -0.128. The van der Waals surface area contributed by atoms with Crippen LogP contribution in [0.5, 0.6) is 0 Å². The third-order valence-corrected chi connectivity index (χ3v) is 6.98. The first kappa shape index (κ1) is 21.1. The van der Waals surface area contributed by atoms with Crippen molar-refractivity contribution in [2.45, 2.75) is 0 Å². The number of benzene rings is 3. The van der Waals surface area contributed by atoms with E-state index in [0.29, 0.717) is 27.8 Å². The van der Waals surface area contributed by atoms with Crippen LogP contribution in [-0.2, 0) is 20.6 Å². The Morgan fingerprint density at radius 1 is 0.452 bits per heavy atom. The van der Waals surface area contributed by atoms with Gasteiger partial charge in [-0.05, 0) is 16.7 Å². The van der Waals surface area contributed by atoms with Crippen molar-refractivity contribution in [3.63, 3.8) is 0 Å². The van der Waals surface area contributed by atoms with E-state index in [2.05, 4.69) is 0 Å². The molecule has 0 amide bonds. The maximum Gasteiger partial charge on any atom is 0.224 e. The zero-order chi connectivity index (χ0) is 22.0. The van der Waals surface area contributed by atoms with Crippen LogP contribution in [0.4, 0.5) is 0 Å². The molecule has 4 nitrogen and oxygen atoms in total. The Hall–Kier alpha value is -3.19. The second-order valence-corrected chi connectivity index (χ2v) is 8.80. The Labute approximate surface area is 187 Å². The summed E-state index contributed by atoms with van der Waals surface area (Å²) < 4.78 is 49.2. The predicted molar refractivity (Wildman–Crippen MR) is 127 cm³/mol. The van der Waals surface area contributed by atoms with Gasteiger partial charge in [0.25, 0.3) is 0 Å². The first-order chi connectivity index (χ1) is 15.0. The average Bonchev–Trinajstić information content (AvgIpc) is 2.79. The fraction of sp³-hybridized carbons (Fsp3) is 0. The Balaban J connectivity index is 2.30. The smallest absolute Gasteiger partial charge is 0.184 e. The molecule has 0 aliphatic heterocycles. The molecule has 0 heterocycles. The average molecular weight is 467 g/mol. The van der Waals surface area contributed by atoms with Gasteiger partial charge in [-0.25, -0.2) is 0 Å². The fourth-order valence-electron chi connectivity index (χ4n) is 3.63. The molecule has 0 saturated carbocycles. The maximum atomic E-state index is 12.4. The minimum absolute atomic E-state index is 0.128. The van der Waals surface area contributed by atoms with E-state index in [-0.39, 0.29) is 9.90 Å². The maximum absolute atomic E-state index is 12.4. The lowest BCUT2D eigenvalue weighted by Gasteiger charge is -2.26. The molecule has 0 unspecified atom stereocenters. The Morgan fingerprint density at radius 3 is 1.19 bits per heavy atom.